The van der Waals surface area contributed by atoms with E-state index in [1.165, 1.54) is 10.4 Å². The van der Waals surface area contributed by atoms with Gasteiger partial charge in [-0.1, -0.05) is 18.6 Å². The summed E-state index contributed by atoms with van der Waals surface area (Å²) >= 11 is 1.13. The van der Waals surface area contributed by atoms with E-state index in [0.29, 0.717) is 13.0 Å². The van der Waals surface area contributed by atoms with Gasteiger partial charge in [0.15, 0.2) is 4.90 Å². The topological polar surface area (TPSA) is 83.6 Å². The van der Waals surface area contributed by atoms with Crippen molar-refractivity contribution in [3.8, 4) is 0 Å². The maximum absolute atomic E-state index is 13.8. The zero-order valence-corrected chi connectivity index (χ0v) is 17.3. The van der Waals surface area contributed by atoms with Crippen LogP contribution in [0.15, 0.2) is 44.8 Å². The lowest BCUT2D eigenvalue weighted by atomic mass is 10.0. The van der Waals surface area contributed by atoms with Crippen LogP contribution >= 0.6 is 11.3 Å². The van der Waals surface area contributed by atoms with Crippen molar-refractivity contribution < 1.29 is 25.6 Å². The Labute approximate surface area is 167 Å². The molecule has 0 saturated carbocycles. The van der Waals surface area contributed by atoms with Crippen LogP contribution in [0.4, 0.5) is 8.78 Å². The number of benzene rings is 1. The Hall–Kier alpha value is -1.40. The second-order valence-corrected chi connectivity index (χ2v) is 11.2. The molecule has 1 N–H and O–H groups in total. The molecule has 1 saturated heterocycles. The fourth-order valence-electron chi connectivity index (χ4n) is 3.28. The molecule has 1 aromatic heterocycles. The summed E-state index contributed by atoms with van der Waals surface area (Å²) in [6.07, 6.45) is 2.36. The van der Waals surface area contributed by atoms with Gasteiger partial charge in [-0.05, 0) is 42.8 Å². The first-order valence-electron chi connectivity index (χ1n) is 8.72. The molecule has 1 unspecified atom stereocenters. The SMILES string of the molecule is O=S(=O)(NCCC1CCCCN1S(=O)(=O)c1cccs1)c1c(F)cccc1F. The molecular weight excluding hydrogens is 430 g/mol. The molecule has 1 aliphatic heterocycles. The molecule has 11 heteroatoms. The number of sulfonamides is 2. The van der Waals surface area contributed by atoms with E-state index < -0.39 is 36.6 Å². The van der Waals surface area contributed by atoms with E-state index in [1.54, 1.807) is 11.4 Å². The van der Waals surface area contributed by atoms with Crippen LogP contribution < -0.4 is 4.72 Å². The number of nitrogens with one attached hydrogen (secondary N) is 1. The first kappa shape index (κ1) is 21.3. The fourth-order valence-corrected chi connectivity index (χ4v) is 7.30. The molecular formula is C17H20F2N2O4S3. The van der Waals surface area contributed by atoms with Crippen LogP contribution in [-0.4, -0.2) is 40.3 Å². The highest BCUT2D eigenvalue weighted by Gasteiger charge is 2.34. The van der Waals surface area contributed by atoms with Crippen molar-refractivity contribution in [3.63, 3.8) is 0 Å². The van der Waals surface area contributed by atoms with Crippen LogP contribution in [-0.2, 0) is 20.0 Å². The van der Waals surface area contributed by atoms with Crippen molar-refractivity contribution in [2.75, 3.05) is 13.1 Å². The van der Waals surface area contributed by atoms with Gasteiger partial charge >= 0.3 is 0 Å². The molecule has 28 heavy (non-hydrogen) atoms. The standard InChI is InChI=1S/C17H20F2N2O4S3/c18-14-6-3-7-15(19)17(14)27(22,23)20-10-9-13-5-1-2-11-21(13)28(24,25)16-8-4-12-26-16/h3-4,6-8,12-13,20H,1-2,5,9-11H2. The molecule has 0 bridgehead atoms. The average molecular weight is 451 g/mol. The minimum Gasteiger partial charge on any atom is -0.211 e. The van der Waals surface area contributed by atoms with Gasteiger partial charge in [-0.2, -0.15) is 4.31 Å². The van der Waals surface area contributed by atoms with Crippen LogP contribution in [0.5, 0.6) is 0 Å². The van der Waals surface area contributed by atoms with Crippen LogP contribution in [0.2, 0.25) is 0 Å². The first-order valence-corrected chi connectivity index (χ1v) is 12.5. The Morgan fingerprint density at radius 1 is 1.07 bits per heavy atom. The molecule has 0 spiro atoms. The predicted molar refractivity (Wildman–Crippen MR) is 102 cm³/mol. The van der Waals surface area contributed by atoms with Gasteiger partial charge in [-0.3, -0.25) is 0 Å². The van der Waals surface area contributed by atoms with Crippen molar-refractivity contribution in [3.05, 3.63) is 47.3 Å². The maximum Gasteiger partial charge on any atom is 0.252 e. The van der Waals surface area contributed by atoms with Gasteiger partial charge in [0.1, 0.15) is 15.8 Å². The molecule has 1 fully saturated rings. The molecule has 2 aromatic rings. The van der Waals surface area contributed by atoms with E-state index in [4.69, 9.17) is 0 Å². The summed E-state index contributed by atoms with van der Waals surface area (Å²) in [6, 6.07) is 5.64. The van der Waals surface area contributed by atoms with Crippen LogP contribution in [0.1, 0.15) is 25.7 Å². The van der Waals surface area contributed by atoms with E-state index >= 15 is 0 Å². The molecule has 0 radical (unpaired) electrons. The predicted octanol–water partition coefficient (Wildman–Crippen LogP) is 2.94. The second-order valence-electron chi connectivity index (χ2n) is 6.43. The summed E-state index contributed by atoms with van der Waals surface area (Å²) in [5.41, 5.74) is 0. The molecule has 1 aliphatic rings. The number of piperidine rings is 1. The fraction of sp³-hybridized carbons (Fsp3) is 0.412. The Bertz CT molecular complexity index is 1000. The quantitative estimate of drug-likeness (QED) is 0.703. The Kier molecular flexibility index (Phi) is 6.50. The zero-order valence-electron chi connectivity index (χ0n) is 14.8. The Morgan fingerprint density at radius 3 is 2.43 bits per heavy atom. The summed E-state index contributed by atoms with van der Waals surface area (Å²) in [5, 5.41) is 1.68. The number of halogens is 2. The Balaban J connectivity index is 1.71. The monoisotopic (exact) mass is 450 g/mol. The van der Waals surface area contributed by atoms with E-state index in [9.17, 15) is 25.6 Å². The average Bonchev–Trinajstić information content (AvgIpc) is 3.17. The number of nitrogens with zero attached hydrogens (tertiary/aromatic N) is 1. The molecule has 0 aliphatic carbocycles. The maximum atomic E-state index is 13.8. The van der Waals surface area contributed by atoms with Crippen molar-refractivity contribution >= 4 is 31.4 Å². The number of hydrogen-bond donors (Lipinski definition) is 1. The molecule has 1 atom stereocenters. The minimum atomic E-state index is -4.38. The lowest BCUT2D eigenvalue weighted by Crippen LogP contribution is -2.45. The minimum absolute atomic E-state index is 0.128. The summed E-state index contributed by atoms with van der Waals surface area (Å²) in [6.45, 7) is 0.233. The van der Waals surface area contributed by atoms with Crippen molar-refractivity contribution in [2.45, 2.75) is 40.8 Å². The molecule has 3 rings (SSSR count). The highest BCUT2D eigenvalue weighted by atomic mass is 32.2. The third kappa shape index (κ3) is 4.43. The van der Waals surface area contributed by atoms with Gasteiger partial charge < -0.3 is 0 Å². The van der Waals surface area contributed by atoms with E-state index in [-0.39, 0.29) is 23.2 Å². The van der Waals surface area contributed by atoms with Crippen LogP contribution in [0, 0.1) is 11.6 Å². The lowest BCUT2D eigenvalue weighted by Gasteiger charge is -2.34. The van der Waals surface area contributed by atoms with E-state index in [2.05, 4.69) is 4.72 Å². The third-order valence-corrected chi connectivity index (χ3v) is 9.42. The molecule has 0 amide bonds. The summed E-state index contributed by atoms with van der Waals surface area (Å²) < 4.78 is 81.5. The van der Waals surface area contributed by atoms with Gasteiger partial charge in [0.2, 0.25) is 10.0 Å². The highest BCUT2D eigenvalue weighted by molar-refractivity contribution is 7.91. The second kappa shape index (κ2) is 8.54. The van der Waals surface area contributed by atoms with Gasteiger partial charge in [0.25, 0.3) is 10.0 Å². The largest absolute Gasteiger partial charge is 0.252 e. The van der Waals surface area contributed by atoms with Crippen molar-refractivity contribution in [2.24, 2.45) is 0 Å². The first-order chi connectivity index (χ1) is 13.2. The molecule has 6 nitrogen and oxygen atoms in total. The van der Waals surface area contributed by atoms with E-state index in [1.807, 2.05) is 0 Å². The third-order valence-electron chi connectivity index (χ3n) is 4.59. The van der Waals surface area contributed by atoms with Gasteiger partial charge in [0, 0.05) is 19.1 Å². The lowest BCUT2D eigenvalue weighted by molar-refractivity contribution is 0.242. The highest BCUT2D eigenvalue weighted by Crippen LogP contribution is 2.29. The number of thiophene rings is 1. The number of rotatable bonds is 7. The van der Waals surface area contributed by atoms with Gasteiger partial charge in [-0.15, -0.1) is 11.3 Å². The van der Waals surface area contributed by atoms with Crippen molar-refractivity contribution in [1.29, 1.82) is 0 Å². The van der Waals surface area contributed by atoms with E-state index in [0.717, 1.165) is 42.4 Å². The van der Waals surface area contributed by atoms with Crippen LogP contribution in [0.3, 0.4) is 0 Å². The molecule has 1 aromatic carbocycles. The summed E-state index contributed by atoms with van der Waals surface area (Å²) in [5.74, 6) is -2.35. The summed E-state index contributed by atoms with van der Waals surface area (Å²) in [7, 11) is -8.03. The van der Waals surface area contributed by atoms with Crippen molar-refractivity contribution in [1.82, 2.24) is 9.03 Å². The van der Waals surface area contributed by atoms with Gasteiger partial charge in [-0.25, -0.2) is 30.3 Å². The zero-order chi connectivity index (χ0) is 20.4. The normalized spacial score (nSPS) is 19.0. The molecule has 154 valence electrons. The Morgan fingerprint density at radius 2 is 1.79 bits per heavy atom. The van der Waals surface area contributed by atoms with Crippen LogP contribution in [0.25, 0.3) is 0 Å². The molecule has 2 heterocycles. The van der Waals surface area contributed by atoms with Gasteiger partial charge in [0.05, 0.1) is 0 Å². The smallest absolute Gasteiger partial charge is 0.211 e. The number of hydrogen-bond acceptors (Lipinski definition) is 5. The summed E-state index contributed by atoms with van der Waals surface area (Å²) in [4.78, 5) is -1.03.